The lowest BCUT2D eigenvalue weighted by Gasteiger charge is -2.11. The molecule has 0 spiro atoms. The molecule has 0 atom stereocenters. The van der Waals surface area contributed by atoms with Crippen LogP contribution in [0.1, 0.15) is 38.2 Å². The van der Waals surface area contributed by atoms with Gasteiger partial charge in [-0.15, -0.1) is 0 Å². The van der Waals surface area contributed by atoms with Crippen molar-refractivity contribution in [3.63, 3.8) is 0 Å². The van der Waals surface area contributed by atoms with Gasteiger partial charge in [-0.1, -0.05) is 62.6 Å². The molecule has 1 amide bonds. The molecule has 5 nitrogen and oxygen atoms in total. The highest BCUT2D eigenvalue weighted by Crippen LogP contribution is 2.19. The maximum Gasteiger partial charge on any atom is 0.243 e. The van der Waals surface area contributed by atoms with Gasteiger partial charge in [0.15, 0.2) is 0 Å². The van der Waals surface area contributed by atoms with Gasteiger partial charge in [0.05, 0.1) is 13.2 Å². The summed E-state index contributed by atoms with van der Waals surface area (Å²) in [6, 6.07) is 25.1. The van der Waals surface area contributed by atoms with Crippen molar-refractivity contribution in [2.75, 3.05) is 23.8 Å². The second-order valence-corrected chi connectivity index (χ2v) is 7.64. The van der Waals surface area contributed by atoms with E-state index in [1.54, 1.807) is 0 Å². The van der Waals surface area contributed by atoms with Crippen LogP contribution in [-0.2, 0) is 11.4 Å². The highest BCUT2D eigenvalue weighted by Gasteiger charge is 2.04. The second-order valence-electron chi connectivity index (χ2n) is 7.64. The summed E-state index contributed by atoms with van der Waals surface area (Å²) < 4.78 is 11.6. The molecule has 0 radical (unpaired) electrons. The molecule has 3 aromatic carbocycles. The van der Waals surface area contributed by atoms with Crippen molar-refractivity contribution in [2.45, 2.75) is 39.2 Å². The zero-order valence-corrected chi connectivity index (χ0v) is 18.7. The Hall–Kier alpha value is -3.47. The highest BCUT2D eigenvalue weighted by atomic mass is 16.5. The normalized spacial score (nSPS) is 10.4. The first-order valence-electron chi connectivity index (χ1n) is 11.3. The quantitative estimate of drug-likeness (QED) is 0.312. The summed E-state index contributed by atoms with van der Waals surface area (Å²) >= 11 is 0. The van der Waals surface area contributed by atoms with Crippen LogP contribution in [0.25, 0.3) is 0 Å². The molecule has 0 fully saturated rings. The number of carbonyl (C=O) groups excluding carboxylic acids is 1. The number of anilines is 2. The molecule has 3 rings (SSSR count). The monoisotopic (exact) mass is 432 g/mol. The Morgan fingerprint density at radius 2 is 1.59 bits per heavy atom. The van der Waals surface area contributed by atoms with Gasteiger partial charge in [-0.2, -0.15) is 0 Å². The zero-order chi connectivity index (χ0) is 22.4. The van der Waals surface area contributed by atoms with Crippen molar-refractivity contribution in [1.82, 2.24) is 0 Å². The van der Waals surface area contributed by atoms with E-state index in [9.17, 15) is 4.79 Å². The van der Waals surface area contributed by atoms with Crippen LogP contribution in [0, 0.1) is 0 Å². The maximum atomic E-state index is 12.3. The first-order valence-corrected chi connectivity index (χ1v) is 11.3. The summed E-state index contributed by atoms with van der Waals surface area (Å²) in [5, 5.41) is 6.04. The fourth-order valence-corrected chi connectivity index (χ4v) is 3.18. The largest absolute Gasteiger partial charge is 0.494 e. The van der Waals surface area contributed by atoms with Gasteiger partial charge in [0, 0.05) is 17.4 Å². The third-order valence-electron chi connectivity index (χ3n) is 4.94. The number of unbranched alkanes of at least 4 members (excludes halogenated alkanes) is 3. The van der Waals surface area contributed by atoms with Gasteiger partial charge in [0.2, 0.25) is 5.91 Å². The predicted molar refractivity (Wildman–Crippen MR) is 130 cm³/mol. The predicted octanol–water partition coefficient (Wildman–Crippen LogP) is 6.28. The molecular weight excluding hydrogens is 400 g/mol. The van der Waals surface area contributed by atoms with Crippen molar-refractivity contribution in [3.8, 4) is 11.5 Å². The van der Waals surface area contributed by atoms with Gasteiger partial charge in [-0.25, -0.2) is 0 Å². The number of hydrogen-bond donors (Lipinski definition) is 2. The molecule has 0 aliphatic rings. The van der Waals surface area contributed by atoms with Crippen molar-refractivity contribution in [1.29, 1.82) is 0 Å². The molecule has 0 aromatic heterocycles. The summed E-state index contributed by atoms with van der Waals surface area (Å²) in [5.41, 5.74) is 2.69. The molecule has 0 heterocycles. The SMILES string of the molecule is CCCCCCOc1ccc(NC(=O)CNc2cccc(OCc3ccccc3)c2)cc1. The number of hydrogen-bond acceptors (Lipinski definition) is 4. The third kappa shape index (κ3) is 8.34. The Morgan fingerprint density at radius 3 is 2.38 bits per heavy atom. The number of carbonyl (C=O) groups is 1. The smallest absolute Gasteiger partial charge is 0.243 e. The lowest BCUT2D eigenvalue weighted by atomic mass is 10.2. The molecule has 3 aromatic rings. The fourth-order valence-electron chi connectivity index (χ4n) is 3.18. The summed E-state index contributed by atoms with van der Waals surface area (Å²) in [6.45, 7) is 3.59. The van der Waals surface area contributed by atoms with E-state index in [2.05, 4.69) is 17.6 Å². The van der Waals surface area contributed by atoms with Crippen molar-refractivity contribution < 1.29 is 14.3 Å². The molecule has 32 heavy (non-hydrogen) atoms. The van der Waals surface area contributed by atoms with E-state index in [4.69, 9.17) is 9.47 Å². The Morgan fingerprint density at radius 1 is 0.781 bits per heavy atom. The zero-order valence-electron chi connectivity index (χ0n) is 18.7. The molecule has 0 saturated heterocycles. The number of nitrogens with one attached hydrogen (secondary N) is 2. The fraction of sp³-hybridized carbons (Fsp3) is 0.296. The van der Waals surface area contributed by atoms with Gasteiger partial charge in [-0.3, -0.25) is 4.79 Å². The molecule has 5 heteroatoms. The topological polar surface area (TPSA) is 59.6 Å². The number of ether oxygens (including phenoxy) is 2. The molecule has 0 bridgehead atoms. The summed E-state index contributed by atoms with van der Waals surface area (Å²) in [6.07, 6.45) is 4.72. The Kier molecular flexibility index (Phi) is 9.46. The van der Waals surface area contributed by atoms with E-state index >= 15 is 0 Å². The lowest BCUT2D eigenvalue weighted by Crippen LogP contribution is -2.21. The van der Waals surface area contributed by atoms with E-state index < -0.39 is 0 Å². The van der Waals surface area contributed by atoms with Crippen LogP contribution in [0.4, 0.5) is 11.4 Å². The Labute approximate surface area is 190 Å². The van der Waals surface area contributed by atoms with Gasteiger partial charge in [0.25, 0.3) is 0 Å². The molecule has 168 valence electrons. The molecule has 0 aliphatic heterocycles. The van der Waals surface area contributed by atoms with Crippen LogP contribution in [-0.4, -0.2) is 19.1 Å². The number of rotatable bonds is 13. The first kappa shape index (κ1) is 23.2. The molecule has 0 aliphatic carbocycles. The Bertz CT molecular complexity index is 943. The lowest BCUT2D eigenvalue weighted by molar-refractivity contribution is -0.114. The summed E-state index contributed by atoms with van der Waals surface area (Å²) in [5.74, 6) is 1.46. The van der Waals surface area contributed by atoms with Gasteiger partial charge in [0.1, 0.15) is 18.1 Å². The van der Waals surface area contributed by atoms with E-state index in [-0.39, 0.29) is 12.5 Å². The van der Waals surface area contributed by atoms with E-state index in [0.29, 0.717) is 6.61 Å². The van der Waals surface area contributed by atoms with Crippen molar-refractivity contribution in [3.05, 3.63) is 84.4 Å². The van der Waals surface area contributed by atoms with Crippen LogP contribution in [0.2, 0.25) is 0 Å². The number of amides is 1. The van der Waals surface area contributed by atoms with E-state index in [1.807, 2.05) is 78.9 Å². The van der Waals surface area contributed by atoms with Crippen LogP contribution >= 0.6 is 0 Å². The van der Waals surface area contributed by atoms with Crippen LogP contribution in [0.5, 0.6) is 11.5 Å². The van der Waals surface area contributed by atoms with Gasteiger partial charge in [-0.05, 0) is 48.4 Å². The van der Waals surface area contributed by atoms with E-state index in [0.717, 1.165) is 41.5 Å². The number of benzene rings is 3. The average Bonchev–Trinajstić information content (AvgIpc) is 2.83. The second kappa shape index (κ2) is 13.1. The molecular formula is C27H32N2O3. The highest BCUT2D eigenvalue weighted by molar-refractivity contribution is 5.93. The van der Waals surface area contributed by atoms with Crippen LogP contribution in [0.3, 0.4) is 0 Å². The average molecular weight is 433 g/mol. The van der Waals surface area contributed by atoms with Crippen molar-refractivity contribution in [2.24, 2.45) is 0 Å². The third-order valence-corrected chi connectivity index (χ3v) is 4.94. The Balaban J connectivity index is 1.40. The summed E-state index contributed by atoms with van der Waals surface area (Å²) in [4.78, 5) is 12.3. The van der Waals surface area contributed by atoms with E-state index in [1.165, 1.54) is 19.3 Å². The van der Waals surface area contributed by atoms with Gasteiger partial charge < -0.3 is 20.1 Å². The van der Waals surface area contributed by atoms with Crippen LogP contribution in [0.15, 0.2) is 78.9 Å². The van der Waals surface area contributed by atoms with Crippen molar-refractivity contribution >= 4 is 17.3 Å². The minimum Gasteiger partial charge on any atom is -0.494 e. The van der Waals surface area contributed by atoms with Crippen LogP contribution < -0.4 is 20.1 Å². The molecule has 0 unspecified atom stereocenters. The van der Waals surface area contributed by atoms with Gasteiger partial charge >= 0.3 is 0 Å². The maximum absolute atomic E-state index is 12.3. The standard InChI is InChI=1S/C27H32N2O3/c1-2-3-4-8-18-31-25-16-14-23(15-17-25)29-27(30)20-28-24-12-9-13-26(19-24)32-21-22-10-6-5-7-11-22/h5-7,9-17,19,28H,2-4,8,18,20-21H2,1H3,(H,29,30). The minimum atomic E-state index is -0.117. The first-order chi connectivity index (χ1) is 15.7. The molecule has 2 N–H and O–H groups in total. The molecule has 0 saturated carbocycles. The minimum absolute atomic E-state index is 0.117. The summed E-state index contributed by atoms with van der Waals surface area (Å²) in [7, 11) is 0.